The van der Waals surface area contributed by atoms with Gasteiger partial charge in [-0.2, -0.15) is 0 Å². The largest absolute Gasteiger partial charge is 0.469 e. The SMILES string of the molecule is COC(=O)Cc1c(C)cc(F)cc1CCl. The maximum atomic E-state index is 13.0. The zero-order chi connectivity index (χ0) is 11.4. The van der Waals surface area contributed by atoms with Crippen LogP contribution in [-0.2, 0) is 21.8 Å². The Bertz CT molecular complexity index is 377. The zero-order valence-electron chi connectivity index (χ0n) is 8.64. The van der Waals surface area contributed by atoms with Crippen molar-refractivity contribution in [2.75, 3.05) is 7.11 Å². The minimum absolute atomic E-state index is 0.130. The summed E-state index contributed by atoms with van der Waals surface area (Å²) in [4.78, 5) is 11.1. The molecule has 0 saturated carbocycles. The Morgan fingerprint density at radius 3 is 2.73 bits per heavy atom. The molecule has 2 nitrogen and oxygen atoms in total. The number of esters is 1. The predicted octanol–water partition coefficient (Wildman–Crippen LogP) is 2.59. The number of aryl methyl sites for hydroxylation is 1. The second-order valence-corrected chi connectivity index (χ2v) is 3.51. The third-order valence-corrected chi connectivity index (χ3v) is 2.51. The first-order valence-electron chi connectivity index (χ1n) is 4.49. The van der Waals surface area contributed by atoms with Crippen molar-refractivity contribution < 1.29 is 13.9 Å². The molecule has 4 heteroatoms. The van der Waals surface area contributed by atoms with E-state index in [1.807, 2.05) is 0 Å². The molecule has 82 valence electrons. The van der Waals surface area contributed by atoms with Gasteiger partial charge in [-0.05, 0) is 35.7 Å². The van der Waals surface area contributed by atoms with Crippen LogP contribution in [0.3, 0.4) is 0 Å². The monoisotopic (exact) mass is 230 g/mol. The van der Waals surface area contributed by atoms with Gasteiger partial charge in [-0.25, -0.2) is 4.39 Å². The lowest BCUT2D eigenvalue weighted by molar-refractivity contribution is -0.139. The lowest BCUT2D eigenvalue weighted by atomic mass is 10.00. The molecule has 1 rings (SSSR count). The summed E-state index contributed by atoms with van der Waals surface area (Å²) in [7, 11) is 1.32. The van der Waals surface area contributed by atoms with Crippen LogP contribution in [0.15, 0.2) is 12.1 Å². The number of halogens is 2. The van der Waals surface area contributed by atoms with E-state index in [9.17, 15) is 9.18 Å². The molecule has 0 heterocycles. The van der Waals surface area contributed by atoms with Crippen molar-refractivity contribution in [3.8, 4) is 0 Å². The number of carbonyl (C=O) groups is 1. The second kappa shape index (κ2) is 5.12. The van der Waals surface area contributed by atoms with Gasteiger partial charge in [0.2, 0.25) is 0 Å². The van der Waals surface area contributed by atoms with E-state index in [1.54, 1.807) is 6.92 Å². The molecule has 15 heavy (non-hydrogen) atoms. The van der Waals surface area contributed by atoms with Gasteiger partial charge in [0.25, 0.3) is 0 Å². The van der Waals surface area contributed by atoms with E-state index in [1.165, 1.54) is 19.2 Å². The zero-order valence-corrected chi connectivity index (χ0v) is 9.40. The van der Waals surface area contributed by atoms with Crippen molar-refractivity contribution in [1.29, 1.82) is 0 Å². The van der Waals surface area contributed by atoms with Gasteiger partial charge in [-0.3, -0.25) is 4.79 Å². The van der Waals surface area contributed by atoms with Crippen LogP contribution in [0.1, 0.15) is 16.7 Å². The number of alkyl halides is 1. The third-order valence-electron chi connectivity index (χ3n) is 2.22. The van der Waals surface area contributed by atoms with Crippen molar-refractivity contribution in [3.63, 3.8) is 0 Å². The lowest BCUT2D eigenvalue weighted by Gasteiger charge is -2.09. The Balaban J connectivity index is 3.09. The predicted molar refractivity (Wildman–Crippen MR) is 56.4 cm³/mol. The number of hydrogen-bond donors (Lipinski definition) is 0. The molecule has 0 fully saturated rings. The van der Waals surface area contributed by atoms with E-state index in [0.29, 0.717) is 5.56 Å². The standard InChI is InChI=1S/C11H12ClFO2/c1-7-3-9(13)4-8(6-12)10(7)5-11(14)15-2/h3-4H,5-6H2,1-2H3. The third kappa shape index (κ3) is 2.93. The van der Waals surface area contributed by atoms with Crippen LogP contribution in [0.4, 0.5) is 4.39 Å². The fraction of sp³-hybridized carbons (Fsp3) is 0.364. The van der Waals surface area contributed by atoms with E-state index in [2.05, 4.69) is 4.74 Å². The van der Waals surface area contributed by atoms with Gasteiger partial charge in [0.05, 0.1) is 13.5 Å². The molecule has 0 unspecified atom stereocenters. The summed E-state index contributed by atoms with van der Waals surface area (Å²) in [5.41, 5.74) is 2.11. The van der Waals surface area contributed by atoms with Crippen LogP contribution in [0.2, 0.25) is 0 Å². The van der Waals surface area contributed by atoms with Crippen molar-refractivity contribution >= 4 is 17.6 Å². The molecule has 0 atom stereocenters. The van der Waals surface area contributed by atoms with E-state index in [4.69, 9.17) is 11.6 Å². The van der Waals surface area contributed by atoms with Gasteiger partial charge >= 0.3 is 5.97 Å². The molecule has 0 N–H and O–H groups in total. The number of rotatable bonds is 3. The lowest BCUT2D eigenvalue weighted by Crippen LogP contribution is -2.08. The molecular formula is C11H12ClFO2. The minimum Gasteiger partial charge on any atom is -0.469 e. The summed E-state index contributed by atoms with van der Waals surface area (Å²) < 4.78 is 17.6. The second-order valence-electron chi connectivity index (χ2n) is 3.25. The average molecular weight is 231 g/mol. The number of methoxy groups -OCH3 is 1. The molecule has 0 aliphatic rings. The highest BCUT2D eigenvalue weighted by molar-refractivity contribution is 6.17. The van der Waals surface area contributed by atoms with Crippen LogP contribution >= 0.6 is 11.6 Å². The molecule has 1 aromatic rings. The number of benzene rings is 1. The van der Waals surface area contributed by atoms with Crippen molar-refractivity contribution in [1.82, 2.24) is 0 Å². The van der Waals surface area contributed by atoms with Gasteiger partial charge in [0, 0.05) is 5.88 Å². The normalized spacial score (nSPS) is 10.1. The van der Waals surface area contributed by atoms with Crippen molar-refractivity contribution in [2.24, 2.45) is 0 Å². The highest BCUT2D eigenvalue weighted by atomic mass is 35.5. The van der Waals surface area contributed by atoms with Crippen LogP contribution in [-0.4, -0.2) is 13.1 Å². The van der Waals surface area contributed by atoms with E-state index in [0.717, 1.165) is 11.1 Å². The van der Waals surface area contributed by atoms with Gasteiger partial charge in [0.15, 0.2) is 0 Å². The van der Waals surface area contributed by atoms with Gasteiger partial charge in [0.1, 0.15) is 5.82 Å². The Kier molecular flexibility index (Phi) is 4.09. The topological polar surface area (TPSA) is 26.3 Å². The maximum Gasteiger partial charge on any atom is 0.309 e. The summed E-state index contributed by atoms with van der Waals surface area (Å²) in [5.74, 6) is -0.502. The van der Waals surface area contributed by atoms with Crippen molar-refractivity contribution in [3.05, 3.63) is 34.6 Å². The Labute approximate surface area is 93.0 Å². The summed E-state index contributed by atoms with van der Waals surface area (Å²) in [6, 6.07) is 2.73. The van der Waals surface area contributed by atoms with Gasteiger partial charge in [-0.1, -0.05) is 0 Å². The number of ether oxygens (including phenoxy) is 1. The van der Waals surface area contributed by atoms with Crippen LogP contribution in [0.25, 0.3) is 0 Å². The van der Waals surface area contributed by atoms with E-state index >= 15 is 0 Å². The summed E-state index contributed by atoms with van der Waals surface area (Å²) in [5, 5.41) is 0. The van der Waals surface area contributed by atoms with E-state index in [-0.39, 0.29) is 24.1 Å². The van der Waals surface area contributed by atoms with Crippen LogP contribution < -0.4 is 0 Å². The highest BCUT2D eigenvalue weighted by Crippen LogP contribution is 2.19. The first-order chi connectivity index (χ1) is 7.08. The molecule has 0 radical (unpaired) electrons. The average Bonchev–Trinajstić information content (AvgIpc) is 2.21. The van der Waals surface area contributed by atoms with Gasteiger partial charge in [-0.15, -0.1) is 11.6 Å². The molecule has 0 aromatic heterocycles. The maximum absolute atomic E-state index is 13.0. The molecule has 0 spiro atoms. The molecule has 0 saturated heterocycles. The molecule has 0 amide bonds. The fourth-order valence-corrected chi connectivity index (χ4v) is 1.67. The molecule has 0 aliphatic heterocycles. The quantitative estimate of drug-likeness (QED) is 0.589. The molecule has 0 bridgehead atoms. The number of hydrogen-bond acceptors (Lipinski definition) is 2. The van der Waals surface area contributed by atoms with Crippen LogP contribution in [0, 0.1) is 12.7 Å². The van der Waals surface area contributed by atoms with E-state index < -0.39 is 0 Å². The molecular weight excluding hydrogens is 219 g/mol. The van der Waals surface area contributed by atoms with Crippen molar-refractivity contribution in [2.45, 2.75) is 19.2 Å². The summed E-state index contributed by atoms with van der Waals surface area (Å²) in [6.07, 6.45) is 0.130. The summed E-state index contributed by atoms with van der Waals surface area (Å²) >= 11 is 5.68. The fourth-order valence-electron chi connectivity index (χ4n) is 1.43. The Hall–Kier alpha value is -1.09. The highest BCUT2D eigenvalue weighted by Gasteiger charge is 2.12. The number of carbonyl (C=O) groups excluding carboxylic acids is 1. The molecule has 1 aromatic carbocycles. The van der Waals surface area contributed by atoms with Gasteiger partial charge < -0.3 is 4.74 Å². The Morgan fingerprint density at radius 1 is 1.53 bits per heavy atom. The molecule has 0 aliphatic carbocycles. The van der Waals surface area contributed by atoms with Crippen LogP contribution in [0.5, 0.6) is 0 Å². The summed E-state index contributed by atoms with van der Waals surface area (Å²) in [6.45, 7) is 1.75. The first kappa shape index (κ1) is 12.0. The first-order valence-corrected chi connectivity index (χ1v) is 5.02. The smallest absolute Gasteiger partial charge is 0.309 e. The Morgan fingerprint density at radius 2 is 2.20 bits per heavy atom. The minimum atomic E-state index is -0.351.